The maximum atomic E-state index is 13.3. The van der Waals surface area contributed by atoms with E-state index in [0.29, 0.717) is 22.8 Å². The topological polar surface area (TPSA) is 74.2 Å². The second kappa shape index (κ2) is 5.24. The molecule has 0 spiro atoms. The second-order valence-electron chi connectivity index (χ2n) is 4.39. The van der Waals surface area contributed by atoms with E-state index in [2.05, 4.69) is 10.1 Å². The Bertz CT molecular complexity index is 786. The minimum Gasteiger partial charge on any atom is -0.497 e. The van der Waals surface area contributed by atoms with E-state index in [1.165, 1.54) is 18.2 Å². The average molecular weight is 285 g/mol. The number of benzene rings is 2. The molecule has 0 bridgehead atoms. The van der Waals surface area contributed by atoms with Crippen LogP contribution in [0.3, 0.4) is 0 Å². The van der Waals surface area contributed by atoms with Crippen LogP contribution < -0.4 is 10.5 Å². The molecule has 0 saturated carbocycles. The van der Waals surface area contributed by atoms with Gasteiger partial charge in [-0.05, 0) is 30.3 Å². The zero-order chi connectivity index (χ0) is 14.8. The molecule has 1 heterocycles. The van der Waals surface area contributed by atoms with Crippen LogP contribution >= 0.6 is 0 Å². The first-order chi connectivity index (χ1) is 10.2. The zero-order valence-corrected chi connectivity index (χ0v) is 11.2. The Hall–Kier alpha value is -2.89. The smallest absolute Gasteiger partial charge is 0.260 e. The molecule has 0 amide bonds. The normalized spacial score (nSPS) is 10.6. The monoisotopic (exact) mass is 285 g/mol. The minimum atomic E-state index is -0.416. The Labute approximate surface area is 120 Å². The molecule has 0 radical (unpaired) electrons. The van der Waals surface area contributed by atoms with Crippen molar-refractivity contribution in [3.05, 3.63) is 48.3 Å². The molecule has 3 aromatic rings. The molecule has 1 aromatic heterocycles. The van der Waals surface area contributed by atoms with E-state index in [9.17, 15) is 4.39 Å². The van der Waals surface area contributed by atoms with Crippen LogP contribution in [0.25, 0.3) is 22.8 Å². The molecule has 0 saturated heterocycles. The van der Waals surface area contributed by atoms with E-state index in [1.54, 1.807) is 13.2 Å². The van der Waals surface area contributed by atoms with E-state index < -0.39 is 5.82 Å². The molecular weight excluding hydrogens is 273 g/mol. The predicted molar refractivity (Wildman–Crippen MR) is 76.1 cm³/mol. The molecule has 0 aliphatic rings. The van der Waals surface area contributed by atoms with Crippen molar-refractivity contribution < 1.29 is 13.7 Å². The van der Waals surface area contributed by atoms with E-state index >= 15 is 0 Å². The largest absolute Gasteiger partial charge is 0.497 e. The van der Waals surface area contributed by atoms with Crippen molar-refractivity contribution in [1.82, 2.24) is 10.1 Å². The van der Waals surface area contributed by atoms with Crippen molar-refractivity contribution in [2.75, 3.05) is 12.8 Å². The number of aromatic nitrogens is 2. The molecule has 3 rings (SSSR count). The van der Waals surface area contributed by atoms with Crippen molar-refractivity contribution in [2.45, 2.75) is 0 Å². The quantitative estimate of drug-likeness (QED) is 0.748. The highest BCUT2D eigenvalue weighted by Crippen LogP contribution is 2.28. The van der Waals surface area contributed by atoms with Crippen molar-refractivity contribution in [2.24, 2.45) is 0 Å². The Kier molecular flexibility index (Phi) is 3.27. The number of hydrogen-bond donors (Lipinski definition) is 1. The maximum Gasteiger partial charge on any atom is 0.260 e. The summed E-state index contributed by atoms with van der Waals surface area (Å²) in [5.74, 6) is 0.821. The van der Waals surface area contributed by atoms with Crippen LogP contribution in [0.15, 0.2) is 47.0 Å². The summed E-state index contributed by atoms with van der Waals surface area (Å²) in [6.45, 7) is 0. The minimum absolute atomic E-state index is 0.171. The number of ether oxygens (including phenoxy) is 1. The Morgan fingerprint density at radius 2 is 2.05 bits per heavy atom. The summed E-state index contributed by atoms with van der Waals surface area (Å²) < 4.78 is 23.6. The predicted octanol–water partition coefficient (Wildman–Crippen LogP) is 3.13. The van der Waals surface area contributed by atoms with Crippen LogP contribution in [0.4, 0.5) is 10.1 Å². The van der Waals surface area contributed by atoms with E-state index in [1.807, 2.05) is 18.2 Å². The van der Waals surface area contributed by atoms with Gasteiger partial charge in [-0.2, -0.15) is 4.98 Å². The van der Waals surface area contributed by atoms with Gasteiger partial charge in [0, 0.05) is 11.3 Å². The lowest BCUT2D eigenvalue weighted by Gasteiger charge is -2.00. The standard InChI is InChI=1S/C15H12FN3O2/c1-20-11-4-2-3-9(7-11)14-18-15(21-19-14)12-8-10(16)5-6-13(12)17/h2-8H,17H2,1H3. The van der Waals surface area contributed by atoms with Gasteiger partial charge in [-0.3, -0.25) is 0 Å². The lowest BCUT2D eigenvalue weighted by atomic mass is 10.1. The molecule has 6 heteroatoms. The molecule has 2 N–H and O–H groups in total. The van der Waals surface area contributed by atoms with Crippen molar-refractivity contribution in [3.63, 3.8) is 0 Å². The van der Waals surface area contributed by atoms with Gasteiger partial charge in [0.2, 0.25) is 5.82 Å². The van der Waals surface area contributed by atoms with Crippen LogP contribution in [0, 0.1) is 5.82 Å². The molecule has 21 heavy (non-hydrogen) atoms. The molecule has 0 aliphatic heterocycles. The first kappa shape index (κ1) is 13.1. The number of hydrogen-bond acceptors (Lipinski definition) is 5. The average Bonchev–Trinajstić information content (AvgIpc) is 2.99. The lowest BCUT2D eigenvalue weighted by molar-refractivity contribution is 0.414. The maximum absolute atomic E-state index is 13.3. The SMILES string of the molecule is COc1cccc(-c2noc(-c3cc(F)ccc3N)n2)c1. The Balaban J connectivity index is 2.01. The summed E-state index contributed by atoms with van der Waals surface area (Å²) in [4.78, 5) is 4.25. The Morgan fingerprint density at radius 1 is 1.19 bits per heavy atom. The highest BCUT2D eigenvalue weighted by Gasteiger charge is 2.14. The highest BCUT2D eigenvalue weighted by molar-refractivity contribution is 5.71. The van der Waals surface area contributed by atoms with Crippen LogP contribution in [0.1, 0.15) is 0 Å². The van der Waals surface area contributed by atoms with Gasteiger partial charge in [0.25, 0.3) is 5.89 Å². The zero-order valence-electron chi connectivity index (χ0n) is 11.2. The number of anilines is 1. The molecular formula is C15H12FN3O2. The summed E-state index contributed by atoms with van der Waals surface area (Å²) in [6, 6.07) is 11.2. The molecule has 0 fully saturated rings. The van der Waals surface area contributed by atoms with E-state index in [4.69, 9.17) is 15.0 Å². The summed E-state index contributed by atoms with van der Waals surface area (Å²) in [7, 11) is 1.58. The van der Waals surface area contributed by atoms with Crippen LogP contribution in [-0.4, -0.2) is 17.3 Å². The van der Waals surface area contributed by atoms with E-state index in [-0.39, 0.29) is 5.89 Å². The van der Waals surface area contributed by atoms with Gasteiger partial charge in [0.05, 0.1) is 12.7 Å². The van der Waals surface area contributed by atoms with Gasteiger partial charge in [-0.1, -0.05) is 17.3 Å². The fourth-order valence-electron chi connectivity index (χ4n) is 1.93. The summed E-state index contributed by atoms with van der Waals surface area (Å²) >= 11 is 0. The molecule has 106 valence electrons. The fraction of sp³-hybridized carbons (Fsp3) is 0.0667. The van der Waals surface area contributed by atoms with Gasteiger partial charge in [0.15, 0.2) is 0 Å². The summed E-state index contributed by atoms with van der Waals surface area (Å²) in [6.07, 6.45) is 0. The third-order valence-electron chi connectivity index (χ3n) is 3.00. The molecule has 5 nitrogen and oxygen atoms in total. The lowest BCUT2D eigenvalue weighted by Crippen LogP contribution is -1.91. The van der Waals surface area contributed by atoms with Crippen LogP contribution in [0.2, 0.25) is 0 Å². The molecule has 0 aliphatic carbocycles. The van der Waals surface area contributed by atoms with Crippen LogP contribution in [0.5, 0.6) is 5.75 Å². The molecule has 0 atom stereocenters. The van der Waals surface area contributed by atoms with Crippen molar-refractivity contribution >= 4 is 5.69 Å². The Morgan fingerprint density at radius 3 is 2.86 bits per heavy atom. The van der Waals surface area contributed by atoms with Gasteiger partial charge in [0.1, 0.15) is 11.6 Å². The second-order valence-corrected chi connectivity index (χ2v) is 4.39. The summed E-state index contributed by atoms with van der Waals surface area (Å²) in [5.41, 5.74) is 7.28. The number of nitrogens with two attached hydrogens (primary N) is 1. The first-order valence-electron chi connectivity index (χ1n) is 6.21. The number of halogens is 1. The molecule has 2 aromatic carbocycles. The third-order valence-corrected chi connectivity index (χ3v) is 3.00. The van der Waals surface area contributed by atoms with Gasteiger partial charge in [-0.15, -0.1) is 0 Å². The first-order valence-corrected chi connectivity index (χ1v) is 6.21. The molecule has 0 unspecified atom stereocenters. The summed E-state index contributed by atoms with van der Waals surface area (Å²) in [5, 5.41) is 3.89. The van der Waals surface area contributed by atoms with Crippen LogP contribution in [-0.2, 0) is 0 Å². The van der Waals surface area contributed by atoms with Crippen molar-refractivity contribution in [3.8, 4) is 28.6 Å². The highest BCUT2D eigenvalue weighted by atomic mass is 19.1. The number of rotatable bonds is 3. The van der Waals surface area contributed by atoms with E-state index in [0.717, 1.165) is 5.56 Å². The van der Waals surface area contributed by atoms with Gasteiger partial charge < -0.3 is 15.0 Å². The fourth-order valence-corrected chi connectivity index (χ4v) is 1.93. The number of nitrogens with zero attached hydrogens (tertiary/aromatic N) is 2. The third kappa shape index (κ3) is 2.55. The van der Waals surface area contributed by atoms with Gasteiger partial charge in [-0.25, -0.2) is 4.39 Å². The number of nitrogen functional groups attached to an aromatic ring is 1. The number of methoxy groups -OCH3 is 1. The van der Waals surface area contributed by atoms with Crippen molar-refractivity contribution in [1.29, 1.82) is 0 Å². The van der Waals surface area contributed by atoms with Gasteiger partial charge >= 0.3 is 0 Å².